The van der Waals surface area contributed by atoms with Gasteiger partial charge < -0.3 is 0 Å². The van der Waals surface area contributed by atoms with Crippen molar-refractivity contribution in [3.8, 4) is 5.69 Å². The number of pyridine rings is 1. The summed E-state index contributed by atoms with van der Waals surface area (Å²) in [5.74, 6) is 0.637. The van der Waals surface area contributed by atoms with Gasteiger partial charge in [0.15, 0.2) is 11.4 Å². The average Bonchev–Trinajstić information content (AvgIpc) is 3.25. The second-order valence-electron chi connectivity index (χ2n) is 8.68. The van der Waals surface area contributed by atoms with E-state index >= 15 is 0 Å². The van der Waals surface area contributed by atoms with Crippen LogP contribution in [-0.2, 0) is 6.54 Å². The lowest BCUT2D eigenvalue weighted by molar-refractivity contribution is 0.0925. The van der Waals surface area contributed by atoms with Gasteiger partial charge in [0.05, 0.1) is 5.69 Å². The quantitative estimate of drug-likeness (QED) is 0.422. The molecule has 1 saturated heterocycles. The molecule has 3 heterocycles. The molecule has 32 heavy (non-hydrogen) atoms. The molecule has 0 amide bonds. The van der Waals surface area contributed by atoms with E-state index in [0.29, 0.717) is 18.0 Å². The van der Waals surface area contributed by atoms with Gasteiger partial charge in [-0.05, 0) is 68.1 Å². The van der Waals surface area contributed by atoms with Gasteiger partial charge in [-0.2, -0.15) is 4.68 Å². The van der Waals surface area contributed by atoms with Crippen molar-refractivity contribution < 1.29 is 4.79 Å². The second-order valence-corrected chi connectivity index (χ2v) is 8.68. The number of fused-ring (bicyclic) bond motifs is 1. The summed E-state index contributed by atoms with van der Waals surface area (Å²) in [4.78, 5) is 20.0. The van der Waals surface area contributed by atoms with Crippen LogP contribution in [0, 0.1) is 12.8 Å². The number of benzene rings is 2. The summed E-state index contributed by atoms with van der Waals surface area (Å²) in [6.07, 6.45) is 4.46. The molecule has 0 spiro atoms. The third-order valence-electron chi connectivity index (χ3n) is 6.40. The largest absolute Gasteiger partial charge is 0.299 e. The molecule has 1 fully saturated rings. The van der Waals surface area contributed by atoms with Gasteiger partial charge in [-0.25, -0.2) is 4.98 Å². The minimum atomic E-state index is 0.199. The Morgan fingerprint density at radius 3 is 2.66 bits per heavy atom. The maximum absolute atomic E-state index is 13.1. The first-order valence-electron chi connectivity index (χ1n) is 11.2. The van der Waals surface area contributed by atoms with Crippen LogP contribution in [0.5, 0.6) is 0 Å². The number of ketones is 1. The first kappa shape index (κ1) is 20.5. The molecule has 1 aliphatic rings. The number of piperidine rings is 1. The molecule has 0 bridgehead atoms. The maximum atomic E-state index is 13.1. The lowest BCUT2D eigenvalue weighted by Crippen LogP contribution is -2.33. The Balaban J connectivity index is 1.25. The lowest BCUT2D eigenvalue weighted by Gasteiger charge is -2.31. The maximum Gasteiger partial charge on any atom is 0.183 e. The highest BCUT2D eigenvalue weighted by Crippen LogP contribution is 2.25. The number of nitrogens with zero attached hydrogens (tertiary/aromatic N) is 5. The third-order valence-corrected chi connectivity index (χ3v) is 6.40. The zero-order valence-corrected chi connectivity index (χ0v) is 18.3. The van der Waals surface area contributed by atoms with Gasteiger partial charge in [0.25, 0.3) is 0 Å². The zero-order chi connectivity index (χ0) is 21.9. The van der Waals surface area contributed by atoms with Crippen LogP contribution >= 0.6 is 0 Å². The molecule has 5 rings (SSSR count). The van der Waals surface area contributed by atoms with Crippen LogP contribution in [0.3, 0.4) is 0 Å². The summed E-state index contributed by atoms with van der Waals surface area (Å²) in [5.41, 5.74) is 5.42. The van der Waals surface area contributed by atoms with Crippen LogP contribution in [0.1, 0.15) is 40.7 Å². The summed E-state index contributed by atoms with van der Waals surface area (Å²) in [6.45, 7) is 5.09. The molecule has 162 valence electrons. The van der Waals surface area contributed by atoms with Crippen molar-refractivity contribution in [2.45, 2.75) is 32.7 Å². The van der Waals surface area contributed by atoms with E-state index in [2.05, 4.69) is 50.5 Å². The predicted molar refractivity (Wildman–Crippen MR) is 125 cm³/mol. The van der Waals surface area contributed by atoms with E-state index in [1.54, 1.807) is 10.9 Å². The summed E-state index contributed by atoms with van der Waals surface area (Å²) < 4.78 is 1.73. The van der Waals surface area contributed by atoms with Crippen molar-refractivity contribution in [2.75, 3.05) is 13.1 Å². The number of likely N-dealkylation sites (tertiary alicyclic amines) is 1. The number of hydrogen-bond donors (Lipinski definition) is 0. The highest BCUT2D eigenvalue weighted by molar-refractivity contribution is 5.97. The molecule has 0 radical (unpaired) electrons. The SMILES string of the molecule is Cc1ccc(C(=O)CC2CCN(Cc3ccccc3)CC2)cc1-n1nnc2cccnc21. The summed E-state index contributed by atoms with van der Waals surface area (Å²) in [5, 5.41) is 8.47. The molecule has 0 saturated carbocycles. The van der Waals surface area contributed by atoms with Crippen LogP contribution < -0.4 is 0 Å². The highest BCUT2D eigenvalue weighted by Gasteiger charge is 2.23. The number of hydrogen-bond acceptors (Lipinski definition) is 5. The van der Waals surface area contributed by atoms with Crippen molar-refractivity contribution in [3.05, 3.63) is 83.6 Å². The van der Waals surface area contributed by atoms with E-state index in [4.69, 9.17) is 0 Å². The lowest BCUT2D eigenvalue weighted by atomic mass is 9.89. The molecule has 0 atom stereocenters. The van der Waals surface area contributed by atoms with E-state index in [-0.39, 0.29) is 5.78 Å². The number of aromatic nitrogens is 4. The van der Waals surface area contributed by atoms with Crippen molar-refractivity contribution in [3.63, 3.8) is 0 Å². The summed E-state index contributed by atoms with van der Waals surface area (Å²) >= 11 is 0. The topological polar surface area (TPSA) is 63.9 Å². The molecule has 0 aliphatic carbocycles. The van der Waals surface area contributed by atoms with Crippen LogP contribution in [0.15, 0.2) is 66.9 Å². The molecule has 6 heteroatoms. The van der Waals surface area contributed by atoms with Crippen LogP contribution in [0.4, 0.5) is 0 Å². The Bertz CT molecular complexity index is 1230. The van der Waals surface area contributed by atoms with Gasteiger partial charge in [0.2, 0.25) is 0 Å². The first-order valence-corrected chi connectivity index (χ1v) is 11.2. The van der Waals surface area contributed by atoms with E-state index in [1.165, 1.54) is 5.56 Å². The minimum Gasteiger partial charge on any atom is -0.299 e. The van der Waals surface area contributed by atoms with Crippen molar-refractivity contribution >= 4 is 16.9 Å². The third kappa shape index (κ3) is 4.32. The van der Waals surface area contributed by atoms with Gasteiger partial charge in [0.1, 0.15) is 5.52 Å². The number of Topliss-reactive ketones (excluding diaryl/α,β-unsaturated/α-hetero) is 1. The molecule has 6 nitrogen and oxygen atoms in total. The van der Waals surface area contributed by atoms with Crippen LogP contribution in [0.2, 0.25) is 0 Å². The monoisotopic (exact) mass is 425 g/mol. The molecule has 0 unspecified atom stereocenters. The van der Waals surface area contributed by atoms with Gasteiger partial charge in [-0.1, -0.05) is 47.7 Å². The van der Waals surface area contributed by atoms with E-state index in [0.717, 1.165) is 54.8 Å². The van der Waals surface area contributed by atoms with Crippen molar-refractivity contribution in [1.29, 1.82) is 0 Å². The normalized spacial score (nSPS) is 15.3. The fourth-order valence-corrected chi connectivity index (χ4v) is 4.51. The molecule has 2 aromatic carbocycles. The standard InChI is InChI=1S/C26H27N5O/c1-19-9-10-22(17-24(19)31-26-23(28-29-31)8-5-13-27-26)25(32)16-20-11-14-30(15-12-20)18-21-6-3-2-4-7-21/h2-10,13,17,20H,11-12,14-16,18H2,1H3. The Hall–Kier alpha value is -3.38. The fourth-order valence-electron chi connectivity index (χ4n) is 4.51. The summed E-state index contributed by atoms with van der Waals surface area (Å²) in [6, 6.07) is 20.2. The van der Waals surface area contributed by atoms with Gasteiger partial charge in [0, 0.05) is 24.7 Å². The second kappa shape index (κ2) is 9.01. The van der Waals surface area contributed by atoms with Crippen LogP contribution in [-0.4, -0.2) is 43.8 Å². The Kier molecular flexibility index (Phi) is 5.77. The summed E-state index contributed by atoms with van der Waals surface area (Å²) in [7, 11) is 0. The van der Waals surface area contributed by atoms with Gasteiger partial charge in [-0.15, -0.1) is 5.10 Å². The Morgan fingerprint density at radius 2 is 1.84 bits per heavy atom. The Labute approximate surface area is 187 Å². The highest BCUT2D eigenvalue weighted by atomic mass is 16.1. The minimum absolute atomic E-state index is 0.199. The number of carbonyl (C=O) groups is 1. The van der Waals surface area contributed by atoms with Crippen LogP contribution in [0.25, 0.3) is 16.9 Å². The van der Waals surface area contributed by atoms with Gasteiger partial charge in [-0.3, -0.25) is 9.69 Å². The zero-order valence-electron chi connectivity index (χ0n) is 18.3. The molecular formula is C26H27N5O. The van der Waals surface area contributed by atoms with Crippen molar-refractivity contribution in [1.82, 2.24) is 24.9 Å². The molecule has 1 aliphatic heterocycles. The van der Waals surface area contributed by atoms with E-state index in [1.807, 2.05) is 37.3 Å². The predicted octanol–water partition coefficient (Wildman–Crippen LogP) is 4.61. The number of aryl methyl sites for hydroxylation is 1. The molecule has 2 aromatic heterocycles. The smallest absolute Gasteiger partial charge is 0.183 e. The van der Waals surface area contributed by atoms with E-state index < -0.39 is 0 Å². The first-order chi connectivity index (χ1) is 15.7. The molecular weight excluding hydrogens is 398 g/mol. The van der Waals surface area contributed by atoms with Gasteiger partial charge >= 0.3 is 0 Å². The molecule has 4 aromatic rings. The average molecular weight is 426 g/mol. The fraction of sp³-hybridized carbons (Fsp3) is 0.308. The molecule has 0 N–H and O–H groups in total. The number of carbonyl (C=O) groups excluding carboxylic acids is 1. The Morgan fingerprint density at radius 1 is 1.03 bits per heavy atom. The van der Waals surface area contributed by atoms with Crippen molar-refractivity contribution in [2.24, 2.45) is 5.92 Å². The van der Waals surface area contributed by atoms with E-state index in [9.17, 15) is 4.79 Å². The number of rotatable bonds is 6.